The zero-order valence-electron chi connectivity index (χ0n) is 15.3. The van der Waals surface area contributed by atoms with Gasteiger partial charge in [0.2, 0.25) is 5.91 Å². The van der Waals surface area contributed by atoms with Crippen LogP contribution >= 0.6 is 0 Å². The number of aryl methyl sites for hydroxylation is 1. The molecule has 2 unspecified atom stereocenters. The van der Waals surface area contributed by atoms with Crippen LogP contribution in [0.4, 0.5) is 4.39 Å². The average molecular weight is 349 g/mol. The first-order chi connectivity index (χ1) is 12.5. The van der Waals surface area contributed by atoms with E-state index in [0.29, 0.717) is 12.1 Å². The van der Waals surface area contributed by atoms with Gasteiger partial charge in [-0.3, -0.25) is 4.79 Å². The van der Waals surface area contributed by atoms with Crippen LogP contribution in [0.2, 0.25) is 0 Å². The number of likely N-dealkylation sites (tertiary alicyclic amines) is 1. The predicted octanol–water partition coefficient (Wildman–Crippen LogP) is 5.19. The summed E-state index contributed by atoms with van der Waals surface area (Å²) < 4.78 is 14.8. The lowest BCUT2D eigenvalue weighted by molar-refractivity contribution is -0.137. The third-order valence-electron chi connectivity index (χ3n) is 6.00. The number of allylic oxidation sites excluding steroid dienone is 1. The van der Waals surface area contributed by atoms with E-state index in [4.69, 9.17) is 0 Å². The summed E-state index contributed by atoms with van der Waals surface area (Å²) in [5, 5.41) is 0. The first kappa shape index (κ1) is 17.0. The molecule has 2 nitrogen and oxygen atoms in total. The van der Waals surface area contributed by atoms with Gasteiger partial charge in [0.15, 0.2) is 0 Å². The van der Waals surface area contributed by atoms with Crippen molar-refractivity contribution >= 4 is 5.91 Å². The molecule has 0 saturated carbocycles. The smallest absolute Gasteiger partial charge is 0.230 e. The summed E-state index contributed by atoms with van der Waals surface area (Å²) in [5.41, 5.74) is 2.27. The molecule has 2 aromatic rings. The number of amides is 1. The Bertz CT molecular complexity index is 860. The van der Waals surface area contributed by atoms with Crippen molar-refractivity contribution in [2.75, 3.05) is 0 Å². The molecule has 0 N–H and O–H groups in total. The Morgan fingerprint density at radius 1 is 1.19 bits per heavy atom. The van der Waals surface area contributed by atoms with Gasteiger partial charge in [-0.15, -0.1) is 0 Å². The molecule has 3 atom stereocenters. The van der Waals surface area contributed by atoms with Crippen LogP contribution in [0.5, 0.6) is 0 Å². The van der Waals surface area contributed by atoms with E-state index in [1.54, 1.807) is 6.07 Å². The van der Waals surface area contributed by atoms with Gasteiger partial charge in [-0.1, -0.05) is 67.1 Å². The Hall–Kier alpha value is -2.42. The van der Waals surface area contributed by atoms with Crippen molar-refractivity contribution in [1.82, 2.24) is 4.90 Å². The average Bonchev–Trinajstić information content (AvgIpc) is 2.86. The van der Waals surface area contributed by atoms with Gasteiger partial charge in [0.25, 0.3) is 0 Å². The molecule has 1 aliphatic heterocycles. The monoisotopic (exact) mass is 349 g/mol. The third kappa shape index (κ3) is 2.66. The third-order valence-corrected chi connectivity index (χ3v) is 6.00. The number of halogens is 1. The number of hydrogen-bond acceptors (Lipinski definition) is 1. The molecule has 2 aliphatic rings. The molecule has 0 spiro atoms. The second kappa shape index (κ2) is 6.39. The maximum absolute atomic E-state index is 14.8. The Kier molecular flexibility index (Phi) is 4.18. The van der Waals surface area contributed by atoms with Crippen molar-refractivity contribution in [1.29, 1.82) is 0 Å². The minimum absolute atomic E-state index is 0.00348. The maximum atomic E-state index is 14.8. The van der Waals surface area contributed by atoms with Gasteiger partial charge in [0, 0.05) is 18.0 Å². The number of hydrogen-bond donors (Lipinski definition) is 0. The van der Waals surface area contributed by atoms with Crippen LogP contribution in [0.3, 0.4) is 0 Å². The van der Waals surface area contributed by atoms with E-state index in [2.05, 4.69) is 19.1 Å². The fourth-order valence-electron chi connectivity index (χ4n) is 4.56. The predicted molar refractivity (Wildman–Crippen MR) is 101 cm³/mol. The molecule has 1 heterocycles. The second-order valence-electron chi connectivity index (χ2n) is 7.80. The summed E-state index contributed by atoms with van der Waals surface area (Å²) in [7, 11) is 0. The van der Waals surface area contributed by atoms with Crippen molar-refractivity contribution in [3.63, 3.8) is 0 Å². The van der Waals surface area contributed by atoms with E-state index in [0.717, 1.165) is 24.0 Å². The van der Waals surface area contributed by atoms with Crippen LogP contribution in [-0.4, -0.2) is 10.8 Å². The van der Waals surface area contributed by atoms with Crippen LogP contribution in [-0.2, 0) is 11.3 Å². The normalized spacial score (nSPS) is 27.7. The summed E-state index contributed by atoms with van der Waals surface area (Å²) in [5.74, 6) is -0.0833. The van der Waals surface area contributed by atoms with Crippen LogP contribution in [0.1, 0.15) is 42.5 Å². The largest absolute Gasteiger partial charge is 0.330 e. The van der Waals surface area contributed by atoms with Gasteiger partial charge < -0.3 is 4.90 Å². The molecular formula is C23H24FNO. The molecule has 1 fully saturated rings. The molecule has 3 heteroatoms. The van der Waals surface area contributed by atoms with Crippen LogP contribution in [0.25, 0.3) is 0 Å². The topological polar surface area (TPSA) is 20.3 Å². The Labute approximate surface area is 154 Å². The molecule has 134 valence electrons. The summed E-state index contributed by atoms with van der Waals surface area (Å²) in [6.07, 6.45) is 6.01. The fraction of sp³-hybridized carbons (Fsp3) is 0.348. The second-order valence-corrected chi connectivity index (χ2v) is 7.80. The lowest BCUT2D eigenvalue weighted by Gasteiger charge is -2.32. The van der Waals surface area contributed by atoms with Gasteiger partial charge in [0.1, 0.15) is 5.82 Å². The number of carbonyl (C=O) groups is 1. The number of benzene rings is 2. The maximum Gasteiger partial charge on any atom is 0.230 e. The minimum atomic E-state index is -0.454. The number of fused-ring (bicyclic) bond motifs is 1. The van der Waals surface area contributed by atoms with Crippen LogP contribution in [0, 0.1) is 24.1 Å². The van der Waals surface area contributed by atoms with E-state index in [9.17, 15) is 9.18 Å². The van der Waals surface area contributed by atoms with E-state index < -0.39 is 5.41 Å². The summed E-state index contributed by atoms with van der Waals surface area (Å²) in [6.45, 7) is 4.53. The lowest BCUT2D eigenvalue weighted by Crippen LogP contribution is -2.34. The van der Waals surface area contributed by atoms with E-state index in [-0.39, 0.29) is 23.7 Å². The molecule has 0 aromatic heterocycles. The molecule has 26 heavy (non-hydrogen) atoms. The van der Waals surface area contributed by atoms with E-state index in [1.807, 2.05) is 48.2 Å². The summed E-state index contributed by atoms with van der Waals surface area (Å²) in [4.78, 5) is 15.3. The van der Waals surface area contributed by atoms with Crippen molar-refractivity contribution < 1.29 is 9.18 Å². The zero-order valence-corrected chi connectivity index (χ0v) is 15.3. The fourth-order valence-corrected chi connectivity index (χ4v) is 4.56. The SMILES string of the molecule is Cc1ccc(F)c(C2C3C=CCC[C@@]3(C)C(=O)N2Cc2ccccc2)c1. The Morgan fingerprint density at radius 2 is 1.96 bits per heavy atom. The van der Waals surface area contributed by atoms with Gasteiger partial charge in [0.05, 0.1) is 11.5 Å². The molecule has 2 aromatic carbocycles. The highest BCUT2D eigenvalue weighted by atomic mass is 19.1. The first-order valence-electron chi connectivity index (χ1n) is 9.28. The number of rotatable bonds is 3. The van der Waals surface area contributed by atoms with Gasteiger partial charge in [-0.2, -0.15) is 0 Å². The molecule has 1 amide bonds. The van der Waals surface area contributed by atoms with Crippen LogP contribution in [0.15, 0.2) is 60.7 Å². The Morgan fingerprint density at radius 3 is 2.73 bits per heavy atom. The van der Waals surface area contributed by atoms with E-state index in [1.165, 1.54) is 6.07 Å². The van der Waals surface area contributed by atoms with Crippen molar-refractivity contribution in [3.05, 3.63) is 83.2 Å². The van der Waals surface area contributed by atoms with Crippen molar-refractivity contribution in [2.45, 2.75) is 39.3 Å². The van der Waals surface area contributed by atoms with E-state index >= 15 is 0 Å². The number of carbonyl (C=O) groups excluding carboxylic acids is 1. The summed E-state index contributed by atoms with van der Waals surface area (Å²) in [6, 6.07) is 14.9. The highest BCUT2D eigenvalue weighted by Crippen LogP contribution is 2.54. The van der Waals surface area contributed by atoms with Gasteiger partial charge >= 0.3 is 0 Å². The Balaban J connectivity index is 1.82. The quantitative estimate of drug-likeness (QED) is 0.698. The highest BCUT2D eigenvalue weighted by molar-refractivity contribution is 5.86. The molecule has 1 saturated heterocycles. The lowest BCUT2D eigenvalue weighted by atomic mass is 9.69. The summed E-state index contributed by atoms with van der Waals surface area (Å²) >= 11 is 0. The standard InChI is InChI=1S/C23H24FNO/c1-16-11-12-20(24)18(14-16)21-19-10-6-7-13-23(19,2)22(26)25(21)15-17-8-4-3-5-9-17/h3-6,8-12,14,19,21H,7,13,15H2,1-2H3/t19?,21?,23-/m1/s1. The van der Waals surface area contributed by atoms with Crippen molar-refractivity contribution in [3.8, 4) is 0 Å². The number of nitrogens with zero attached hydrogens (tertiary/aromatic N) is 1. The zero-order chi connectivity index (χ0) is 18.3. The first-order valence-corrected chi connectivity index (χ1v) is 9.28. The molecule has 0 bridgehead atoms. The molecular weight excluding hydrogens is 325 g/mol. The van der Waals surface area contributed by atoms with Crippen LogP contribution < -0.4 is 0 Å². The highest BCUT2D eigenvalue weighted by Gasteiger charge is 2.56. The molecule has 1 aliphatic carbocycles. The van der Waals surface area contributed by atoms with Crippen molar-refractivity contribution in [2.24, 2.45) is 11.3 Å². The molecule has 4 rings (SSSR count). The molecule has 0 radical (unpaired) electrons. The van der Waals surface area contributed by atoms with Gasteiger partial charge in [-0.05, 0) is 31.4 Å². The minimum Gasteiger partial charge on any atom is -0.330 e. The van der Waals surface area contributed by atoms with Gasteiger partial charge in [-0.25, -0.2) is 4.39 Å².